The standard InChI is InChI=1S/C16H17N3S/c1-3-17-9-12-10-18-16(20-12)15-8-11(2)13-6-4-5-7-14(13)19-15/h4-8,10,17H,3,9H2,1-2H3. The topological polar surface area (TPSA) is 37.8 Å². The minimum atomic E-state index is 0.876. The highest BCUT2D eigenvalue weighted by atomic mass is 32.1. The Labute approximate surface area is 122 Å². The smallest absolute Gasteiger partial charge is 0.142 e. The third-order valence-corrected chi connectivity index (χ3v) is 4.26. The lowest BCUT2D eigenvalue weighted by Gasteiger charge is -2.04. The van der Waals surface area contributed by atoms with E-state index in [0.717, 1.165) is 29.3 Å². The van der Waals surface area contributed by atoms with Crippen molar-refractivity contribution in [1.82, 2.24) is 15.3 Å². The van der Waals surface area contributed by atoms with Gasteiger partial charge in [0.15, 0.2) is 0 Å². The molecule has 0 atom stereocenters. The summed E-state index contributed by atoms with van der Waals surface area (Å²) in [4.78, 5) is 10.5. The molecule has 3 rings (SSSR count). The average molecular weight is 283 g/mol. The number of nitrogens with zero attached hydrogens (tertiary/aromatic N) is 2. The van der Waals surface area contributed by atoms with Gasteiger partial charge in [-0.1, -0.05) is 25.1 Å². The van der Waals surface area contributed by atoms with Gasteiger partial charge in [-0.05, 0) is 31.2 Å². The van der Waals surface area contributed by atoms with Gasteiger partial charge in [0.25, 0.3) is 0 Å². The molecular formula is C16H17N3S. The van der Waals surface area contributed by atoms with Crippen molar-refractivity contribution in [2.24, 2.45) is 0 Å². The Morgan fingerprint density at radius 3 is 2.95 bits per heavy atom. The van der Waals surface area contributed by atoms with Crippen molar-refractivity contribution >= 4 is 22.2 Å². The Bertz CT molecular complexity index is 733. The van der Waals surface area contributed by atoms with E-state index in [4.69, 9.17) is 4.98 Å². The molecule has 0 bridgehead atoms. The summed E-state index contributed by atoms with van der Waals surface area (Å²) in [5, 5.41) is 5.52. The first kappa shape index (κ1) is 13.2. The Hall–Kier alpha value is -1.78. The van der Waals surface area contributed by atoms with Crippen LogP contribution in [0.1, 0.15) is 17.4 Å². The first-order valence-corrected chi connectivity index (χ1v) is 7.61. The average Bonchev–Trinajstić information content (AvgIpc) is 2.94. The first-order chi connectivity index (χ1) is 9.78. The van der Waals surface area contributed by atoms with Crippen molar-refractivity contribution in [3.05, 3.63) is 47.0 Å². The van der Waals surface area contributed by atoms with E-state index in [0.29, 0.717) is 0 Å². The second kappa shape index (κ2) is 5.69. The van der Waals surface area contributed by atoms with Crippen LogP contribution in [0.15, 0.2) is 36.5 Å². The molecule has 0 aliphatic heterocycles. The Kier molecular flexibility index (Phi) is 3.76. The fourth-order valence-electron chi connectivity index (χ4n) is 2.21. The number of aryl methyl sites for hydroxylation is 1. The van der Waals surface area contributed by atoms with Crippen LogP contribution < -0.4 is 5.32 Å². The number of pyridine rings is 1. The van der Waals surface area contributed by atoms with E-state index in [2.05, 4.69) is 48.4 Å². The van der Waals surface area contributed by atoms with Gasteiger partial charge in [0.1, 0.15) is 5.01 Å². The van der Waals surface area contributed by atoms with Gasteiger partial charge < -0.3 is 5.32 Å². The van der Waals surface area contributed by atoms with Crippen LogP contribution in [0, 0.1) is 6.92 Å². The van der Waals surface area contributed by atoms with Gasteiger partial charge in [-0.2, -0.15) is 0 Å². The second-order valence-electron chi connectivity index (χ2n) is 4.75. The minimum absolute atomic E-state index is 0.876. The van der Waals surface area contributed by atoms with E-state index in [-0.39, 0.29) is 0 Å². The Morgan fingerprint density at radius 2 is 2.10 bits per heavy atom. The highest BCUT2D eigenvalue weighted by Crippen LogP contribution is 2.27. The monoisotopic (exact) mass is 283 g/mol. The predicted molar refractivity (Wildman–Crippen MR) is 85.0 cm³/mol. The molecule has 3 nitrogen and oxygen atoms in total. The van der Waals surface area contributed by atoms with Crippen molar-refractivity contribution in [3.8, 4) is 10.7 Å². The molecule has 0 fully saturated rings. The van der Waals surface area contributed by atoms with Gasteiger partial charge >= 0.3 is 0 Å². The molecule has 102 valence electrons. The molecular weight excluding hydrogens is 266 g/mol. The lowest BCUT2D eigenvalue weighted by atomic mass is 10.1. The number of rotatable bonds is 4. The number of thiazole rings is 1. The highest BCUT2D eigenvalue weighted by molar-refractivity contribution is 7.15. The van der Waals surface area contributed by atoms with E-state index < -0.39 is 0 Å². The molecule has 0 spiro atoms. The van der Waals surface area contributed by atoms with Crippen LogP contribution >= 0.6 is 11.3 Å². The number of aromatic nitrogens is 2. The molecule has 0 unspecified atom stereocenters. The van der Waals surface area contributed by atoms with Crippen LogP contribution in [0.2, 0.25) is 0 Å². The lowest BCUT2D eigenvalue weighted by molar-refractivity contribution is 0.734. The third-order valence-electron chi connectivity index (χ3n) is 3.24. The first-order valence-electron chi connectivity index (χ1n) is 6.80. The summed E-state index contributed by atoms with van der Waals surface area (Å²) in [5.41, 5.74) is 3.24. The zero-order valence-electron chi connectivity index (χ0n) is 11.7. The van der Waals surface area contributed by atoms with E-state index in [1.54, 1.807) is 11.3 Å². The molecule has 1 aromatic carbocycles. The summed E-state index contributed by atoms with van der Waals surface area (Å²) in [6, 6.07) is 10.4. The lowest BCUT2D eigenvalue weighted by Crippen LogP contribution is -2.10. The molecule has 0 radical (unpaired) electrons. The normalized spacial score (nSPS) is 11.1. The molecule has 0 amide bonds. The maximum absolute atomic E-state index is 4.73. The van der Waals surface area contributed by atoms with Gasteiger partial charge in [0.2, 0.25) is 0 Å². The predicted octanol–water partition coefficient (Wildman–Crippen LogP) is 3.78. The SMILES string of the molecule is CCNCc1cnc(-c2cc(C)c3ccccc3n2)s1. The molecule has 0 saturated heterocycles. The van der Waals surface area contributed by atoms with Crippen LogP contribution in [-0.4, -0.2) is 16.5 Å². The summed E-state index contributed by atoms with van der Waals surface area (Å²) in [5.74, 6) is 0. The fourth-order valence-corrected chi connectivity index (χ4v) is 3.06. The number of hydrogen-bond acceptors (Lipinski definition) is 4. The van der Waals surface area contributed by atoms with Crippen molar-refractivity contribution in [2.45, 2.75) is 20.4 Å². The summed E-state index contributed by atoms with van der Waals surface area (Å²) < 4.78 is 0. The number of nitrogens with one attached hydrogen (secondary N) is 1. The van der Waals surface area contributed by atoms with Crippen molar-refractivity contribution in [3.63, 3.8) is 0 Å². The molecule has 20 heavy (non-hydrogen) atoms. The fraction of sp³-hybridized carbons (Fsp3) is 0.250. The van der Waals surface area contributed by atoms with Gasteiger partial charge in [-0.3, -0.25) is 0 Å². The summed E-state index contributed by atoms with van der Waals surface area (Å²) >= 11 is 1.71. The van der Waals surface area contributed by atoms with E-state index in [9.17, 15) is 0 Å². The van der Waals surface area contributed by atoms with Crippen LogP contribution in [0.25, 0.3) is 21.6 Å². The summed E-state index contributed by atoms with van der Waals surface area (Å²) in [6.07, 6.45) is 1.94. The van der Waals surface area contributed by atoms with Gasteiger partial charge in [-0.25, -0.2) is 9.97 Å². The third kappa shape index (κ3) is 2.57. The van der Waals surface area contributed by atoms with Gasteiger partial charge in [0, 0.05) is 23.0 Å². The van der Waals surface area contributed by atoms with Crippen LogP contribution in [0.5, 0.6) is 0 Å². The molecule has 2 heterocycles. The largest absolute Gasteiger partial charge is 0.312 e. The summed E-state index contributed by atoms with van der Waals surface area (Å²) in [6.45, 7) is 6.08. The summed E-state index contributed by atoms with van der Waals surface area (Å²) in [7, 11) is 0. The molecule has 3 aromatic rings. The van der Waals surface area contributed by atoms with Crippen LogP contribution in [0.4, 0.5) is 0 Å². The minimum Gasteiger partial charge on any atom is -0.312 e. The van der Waals surface area contributed by atoms with E-state index >= 15 is 0 Å². The Morgan fingerprint density at radius 1 is 1.25 bits per heavy atom. The van der Waals surface area contributed by atoms with Crippen molar-refractivity contribution < 1.29 is 0 Å². The number of para-hydroxylation sites is 1. The molecule has 2 aromatic heterocycles. The second-order valence-corrected chi connectivity index (χ2v) is 5.87. The zero-order valence-corrected chi connectivity index (χ0v) is 12.5. The molecule has 0 aliphatic rings. The van der Waals surface area contributed by atoms with Crippen LogP contribution in [0.3, 0.4) is 0 Å². The van der Waals surface area contributed by atoms with Crippen molar-refractivity contribution in [1.29, 1.82) is 0 Å². The van der Waals surface area contributed by atoms with Crippen LogP contribution in [-0.2, 0) is 6.54 Å². The van der Waals surface area contributed by atoms with Gasteiger partial charge in [-0.15, -0.1) is 11.3 Å². The Balaban J connectivity index is 1.99. The molecule has 1 N–H and O–H groups in total. The number of benzene rings is 1. The molecule has 4 heteroatoms. The van der Waals surface area contributed by atoms with E-state index in [1.165, 1.54) is 15.8 Å². The maximum Gasteiger partial charge on any atom is 0.142 e. The number of fused-ring (bicyclic) bond motifs is 1. The van der Waals surface area contributed by atoms with Crippen molar-refractivity contribution in [2.75, 3.05) is 6.54 Å². The quantitative estimate of drug-likeness (QED) is 0.792. The molecule has 0 aliphatic carbocycles. The zero-order chi connectivity index (χ0) is 13.9. The highest BCUT2D eigenvalue weighted by Gasteiger charge is 2.08. The molecule has 0 saturated carbocycles. The van der Waals surface area contributed by atoms with E-state index in [1.807, 2.05) is 12.3 Å². The number of hydrogen-bond donors (Lipinski definition) is 1. The maximum atomic E-state index is 4.73. The van der Waals surface area contributed by atoms with Gasteiger partial charge in [0.05, 0.1) is 11.2 Å².